The first-order valence-electron chi connectivity index (χ1n) is 7.85. The predicted octanol–water partition coefficient (Wildman–Crippen LogP) is 4.25. The Hall–Kier alpha value is -1.85. The van der Waals surface area contributed by atoms with Gasteiger partial charge in [0.05, 0.1) is 11.7 Å². The summed E-state index contributed by atoms with van der Waals surface area (Å²) in [5, 5.41) is 10.4. The quantitative estimate of drug-likeness (QED) is 0.857. The van der Waals surface area contributed by atoms with Crippen LogP contribution in [0.4, 0.5) is 13.2 Å². The summed E-state index contributed by atoms with van der Waals surface area (Å²) < 4.78 is 38.4. The number of nitrogens with two attached hydrogens (primary N) is 1. The second-order valence-electron chi connectivity index (χ2n) is 6.25. The van der Waals surface area contributed by atoms with Crippen LogP contribution in [0.2, 0.25) is 0 Å². The van der Waals surface area contributed by atoms with Crippen LogP contribution in [0.15, 0.2) is 48.5 Å². The summed E-state index contributed by atoms with van der Waals surface area (Å²) in [6.07, 6.45) is -4.93. The molecule has 3 atom stereocenters. The molecule has 0 bridgehead atoms. The molecule has 24 heavy (non-hydrogen) atoms. The van der Waals surface area contributed by atoms with Crippen LogP contribution in [0.3, 0.4) is 0 Å². The molecule has 0 radical (unpaired) electrons. The third-order valence-corrected chi connectivity index (χ3v) is 4.38. The van der Waals surface area contributed by atoms with Crippen molar-refractivity contribution in [3.05, 3.63) is 70.8 Å². The monoisotopic (exact) mass is 337 g/mol. The molecule has 0 amide bonds. The normalized spacial score (nSPS) is 15.8. The molecule has 2 nitrogen and oxygen atoms in total. The zero-order valence-electron chi connectivity index (χ0n) is 13.7. The van der Waals surface area contributed by atoms with Crippen molar-refractivity contribution in [1.29, 1.82) is 0 Å². The van der Waals surface area contributed by atoms with Gasteiger partial charge in [0.15, 0.2) is 0 Å². The van der Waals surface area contributed by atoms with Crippen molar-refractivity contribution >= 4 is 0 Å². The van der Waals surface area contributed by atoms with Crippen LogP contribution in [-0.2, 0) is 12.6 Å². The molecule has 0 heterocycles. The van der Waals surface area contributed by atoms with Gasteiger partial charge in [-0.1, -0.05) is 43.3 Å². The second-order valence-corrected chi connectivity index (χ2v) is 6.25. The summed E-state index contributed by atoms with van der Waals surface area (Å²) in [5.74, 6) is -0.0874. The highest BCUT2D eigenvalue weighted by Gasteiger charge is 2.32. The van der Waals surface area contributed by atoms with Crippen molar-refractivity contribution in [3.8, 4) is 0 Å². The van der Waals surface area contributed by atoms with Crippen LogP contribution in [-0.4, -0.2) is 11.1 Å². The summed E-state index contributed by atoms with van der Waals surface area (Å²) in [7, 11) is 0. The highest BCUT2D eigenvalue weighted by atomic mass is 19.4. The van der Waals surface area contributed by atoms with E-state index in [2.05, 4.69) is 0 Å². The number of rotatable bonds is 5. The van der Waals surface area contributed by atoms with E-state index in [1.54, 1.807) is 0 Å². The first-order valence-corrected chi connectivity index (χ1v) is 7.85. The number of aliphatic hydroxyl groups is 1. The van der Waals surface area contributed by atoms with E-state index in [-0.39, 0.29) is 11.5 Å². The SMILES string of the molecule is Cc1ccccc1CC(C)[C@@H](N)[C@H](O)c1cccc(C(F)(F)F)c1. The largest absolute Gasteiger partial charge is 0.416 e. The zero-order valence-corrected chi connectivity index (χ0v) is 13.7. The van der Waals surface area contributed by atoms with Gasteiger partial charge in [0.1, 0.15) is 0 Å². The Morgan fingerprint density at radius 3 is 2.38 bits per heavy atom. The maximum Gasteiger partial charge on any atom is 0.416 e. The van der Waals surface area contributed by atoms with Crippen LogP contribution in [0.25, 0.3) is 0 Å². The van der Waals surface area contributed by atoms with Gasteiger partial charge in [0.25, 0.3) is 0 Å². The van der Waals surface area contributed by atoms with Crippen LogP contribution >= 0.6 is 0 Å². The number of aryl methyl sites for hydroxylation is 1. The van der Waals surface area contributed by atoms with Crippen molar-refractivity contribution < 1.29 is 18.3 Å². The van der Waals surface area contributed by atoms with Crippen LogP contribution in [0.1, 0.15) is 35.3 Å². The number of halogens is 3. The molecule has 1 unspecified atom stereocenters. The van der Waals surface area contributed by atoms with Crippen molar-refractivity contribution in [1.82, 2.24) is 0 Å². The Morgan fingerprint density at radius 2 is 1.75 bits per heavy atom. The highest BCUT2D eigenvalue weighted by molar-refractivity contribution is 5.29. The Bertz CT molecular complexity index is 684. The van der Waals surface area contributed by atoms with Crippen LogP contribution in [0.5, 0.6) is 0 Å². The van der Waals surface area contributed by atoms with Crippen LogP contribution < -0.4 is 5.73 Å². The lowest BCUT2D eigenvalue weighted by molar-refractivity contribution is -0.137. The molecule has 3 N–H and O–H groups in total. The van der Waals surface area contributed by atoms with Crippen molar-refractivity contribution in [2.75, 3.05) is 0 Å². The van der Waals surface area contributed by atoms with Crippen molar-refractivity contribution in [3.63, 3.8) is 0 Å². The third-order valence-electron chi connectivity index (χ3n) is 4.38. The predicted molar refractivity (Wildman–Crippen MR) is 88.4 cm³/mol. The third kappa shape index (κ3) is 4.36. The lowest BCUT2D eigenvalue weighted by Crippen LogP contribution is -2.36. The molecular formula is C19H22F3NO. The molecule has 0 spiro atoms. The molecule has 2 aromatic carbocycles. The zero-order chi connectivity index (χ0) is 17.9. The number of alkyl halides is 3. The van der Waals surface area contributed by atoms with Crippen LogP contribution in [0, 0.1) is 12.8 Å². The summed E-state index contributed by atoms with van der Waals surface area (Å²) in [5.41, 5.74) is 7.78. The average Bonchev–Trinajstić information content (AvgIpc) is 2.55. The molecule has 5 heteroatoms. The number of benzene rings is 2. The number of hydrogen-bond donors (Lipinski definition) is 2. The van der Waals surface area contributed by atoms with E-state index < -0.39 is 23.9 Å². The first-order chi connectivity index (χ1) is 11.2. The Kier molecular flexibility index (Phi) is 5.67. The van der Waals surface area contributed by atoms with Crippen molar-refractivity contribution in [2.45, 2.75) is 38.6 Å². The minimum atomic E-state index is -4.44. The fourth-order valence-corrected chi connectivity index (χ4v) is 2.75. The Morgan fingerprint density at radius 1 is 1.08 bits per heavy atom. The summed E-state index contributed by atoms with van der Waals surface area (Å²) >= 11 is 0. The van der Waals surface area contributed by atoms with Gasteiger partial charge in [-0.3, -0.25) is 0 Å². The smallest absolute Gasteiger partial charge is 0.387 e. The standard InChI is InChI=1S/C19H22F3NO/c1-12-6-3-4-7-14(12)10-13(2)17(23)18(24)15-8-5-9-16(11-15)19(20,21)22/h3-9,11,13,17-18,24H,10,23H2,1-2H3/t13?,17-,18-/m1/s1. The lowest BCUT2D eigenvalue weighted by atomic mass is 9.87. The topological polar surface area (TPSA) is 46.2 Å². The molecule has 0 aliphatic carbocycles. The number of aliphatic hydroxyl groups excluding tert-OH is 1. The van der Waals surface area contributed by atoms with Gasteiger partial charge in [-0.05, 0) is 48.1 Å². The summed E-state index contributed by atoms with van der Waals surface area (Å²) in [4.78, 5) is 0. The van der Waals surface area contributed by atoms with E-state index in [4.69, 9.17) is 5.73 Å². The average molecular weight is 337 g/mol. The van der Waals surface area contributed by atoms with E-state index in [9.17, 15) is 18.3 Å². The lowest BCUT2D eigenvalue weighted by Gasteiger charge is -2.26. The molecule has 0 fully saturated rings. The molecule has 0 aliphatic heterocycles. The molecule has 0 aliphatic rings. The maximum atomic E-state index is 12.8. The van der Waals surface area contributed by atoms with E-state index in [1.165, 1.54) is 12.1 Å². The molecule has 2 rings (SSSR count). The van der Waals surface area contributed by atoms with E-state index in [1.807, 2.05) is 38.1 Å². The molecule has 0 aromatic heterocycles. The minimum absolute atomic E-state index is 0.0874. The van der Waals surface area contributed by atoms with Gasteiger partial charge in [-0.25, -0.2) is 0 Å². The fourth-order valence-electron chi connectivity index (χ4n) is 2.75. The minimum Gasteiger partial charge on any atom is -0.387 e. The van der Waals surface area contributed by atoms with E-state index in [0.717, 1.165) is 23.3 Å². The summed E-state index contributed by atoms with van der Waals surface area (Å²) in [6.45, 7) is 3.89. The van der Waals surface area contributed by atoms with Gasteiger partial charge in [0.2, 0.25) is 0 Å². The van der Waals surface area contributed by atoms with E-state index in [0.29, 0.717) is 6.42 Å². The van der Waals surface area contributed by atoms with Crippen molar-refractivity contribution in [2.24, 2.45) is 11.7 Å². The Labute approximate surface area is 140 Å². The maximum absolute atomic E-state index is 12.8. The molecular weight excluding hydrogens is 315 g/mol. The van der Waals surface area contributed by atoms with Gasteiger partial charge in [-0.15, -0.1) is 0 Å². The second kappa shape index (κ2) is 7.36. The van der Waals surface area contributed by atoms with Gasteiger partial charge in [0, 0.05) is 6.04 Å². The van der Waals surface area contributed by atoms with Gasteiger partial charge >= 0.3 is 6.18 Å². The first kappa shape index (κ1) is 18.5. The fraction of sp³-hybridized carbons (Fsp3) is 0.368. The van der Waals surface area contributed by atoms with Gasteiger partial charge < -0.3 is 10.8 Å². The number of hydrogen-bond acceptors (Lipinski definition) is 2. The molecule has 2 aromatic rings. The summed E-state index contributed by atoms with van der Waals surface area (Å²) in [6, 6.07) is 11.9. The molecule has 0 saturated heterocycles. The highest BCUT2D eigenvalue weighted by Crippen LogP contribution is 2.32. The van der Waals surface area contributed by atoms with Gasteiger partial charge in [-0.2, -0.15) is 13.2 Å². The molecule has 130 valence electrons. The Balaban J connectivity index is 2.14. The molecule has 0 saturated carbocycles. The van der Waals surface area contributed by atoms with E-state index >= 15 is 0 Å².